The van der Waals surface area contributed by atoms with Crippen molar-refractivity contribution in [3.63, 3.8) is 0 Å². The summed E-state index contributed by atoms with van der Waals surface area (Å²) in [5, 5.41) is 9.02. The Morgan fingerprint density at radius 2 is 2.33 bits per heavy atom. The highest BCUT2D eigenvalue weighted by molar-refractivity contribution is 14.1. The molecular weight excluding hydrogens is 328 g/mol. The van der Waals surface area contributed by atoms with Crippen LogP contribution in [0.25, 0.3) is 0 Å². The molecule has 0 N–H and O–H groups in total. The van der Waals surface area contributed by atoms with Gasteiger partial charge >= 0.3 is 5.97 Å². The molecule has 0 saturated heterocycles. The third-order valence-corrected chi connectivity index (χ3v) is 3.53. The normalized spacial score (nSPS) is 9.47. The molecule has 1 rings (SSSR count). The average molecular weight is 336 g/mol. The van der Waals surface area contributed by atoms with Crippen molar-refractivity contribution < 1.29 is 9.53 Å². The van der Waals surface area contributed by atoms with E-state index < -0.39 is 5.97 Å². The summed E-state index contributed by atoms with van der Waals surface area (Å²) < 4.78 is 5.40. The second-order valence-corrected chi connectivity index (χ2v) is 4.08. The van der Waals surface area contributed by atoms with E-state index in [0.717, 1.165) is 0 Å². The summed E-state index contributed by atoms with van der Waals surface area (Å²) in [7, 11) is 0. The lowest BCUT2D eigenvalue weighted by Gasteiger charge is -2.06. The summed E-state index contributed by atoms with van der Waals surface area (Å²) in [6.07, 6.45) is 0. The summed E-state index contributed by atoms with van der Waals surface area (Å²) >= 11 is 7.88. The van der Waals surface area contributed by atoms with Crippen LogP contribution in [-0.4, -0.2) is 12.6 Å². The van der Waals surface area contributed by atoms with E-state index in [1.807, 2.05) is 28.7 Å². The maximum Gasteiger partial charge on any atom is 0.339 e. The van der Waals surface area contributed by atoms with Gasteiger partial charge in [-0.1, -0.05) is 11.6 Å². The molecule has 0 fully saturated rings. The zero-order chi connectivity index (χ0) is 11.4. The molecule has 1 aromatic carbocycles. The number of rotatable bonds is 2. The third kappa shape index (κ3) is 2.61. The first-order valence-corrected chi connectivity index (χ1v) is 5.62. The van der Waals surface area contributed by atoms with Crippen LogP contribution in [0.4, 0.5) is 0 Å². The van der Waals surface area contributed by atoms with Crippen molar-refractivity contribution in [2.24, 2.45) is 0 Å². The molecule has 5 heteroatoms. The van der Waals surface area contributed by atoms with Crippen molar-refractivity contribution in [3.05, 3.63) is 31.9 Å². The van der Waals surface area contributed by atoms with Crippen molar-refractivity contribution in [2.45, 2.75) is 6.92 Å². The van der Waals surface area contributed by atoms with Gasteiger partial charge < -0.3 is 4.74 Å². The lowest BCUT2D eigenvalue weighted by atomic mass is 10.1. The number of carbonyl (C=O) groups excluding carboxylic acids is 1. The van der Waals surface area contributed by atoms with Gasteiger partial charge in [0.25, 0.3) is 0 Å². The van der Waals surface area contributed by atoms with Gasteiger partial charge in [0.2, 0.25) is 0 Å². The number of hydrogen-bond donors (Lipinski definition) is 0. The summed E-state index contributed by atoms with van der Waals surface area (Å²) in [5.74, 6) is -0.468. The fourth-order valence-corrected chi connectivity index (χ4v) is 1.84. The predicted molar refractivity (Wildman–Crippen MR) is 64.8 cm³/mol. The molecule has 0 aliphatic heterocycles. The number of nitrogens with zero attached hydrogens (tertiary/aromatic N) is 1. The Bertz CT molecular complexity index is 440. The second kappa shape index (κ2) is 5.33. The van der Waals surface area contributed by atoms with Crippen LogP contribution < -0.4 is 0 Å². The minimum absolute atomic E-state index is 0.271. The smallest absolute Gasteiger partial charge is 0.339 e. The maximum absolute atomic E-state index is 11.4. The van der Waals surface area contributed by atoms with E-state index in [2.05, 4.69) is 0 Å². The SMILES string of the molecule is CCOC(=O)c1ccc(C#N)c(I)c1Cl. The Hall–Kier alpha value is -0.800. The van der Waals surface area contributed by atoms with Crippen LogP contribution in [0.1, 0.15) is 22.8 Å². The van der Waals surface area contributed by atoms with Crippen LogP contribution in [0.2, 0.25) is 5.02 Å². The fourth-order valence-electron chi connectivity index (χ4n) is 1.00. The third-order valence-electron chi connectivity index (χ3n) is 1.70. The summed E-state index contributed by atoms with van der Waals surface area (Å²) in [4.78, 5) is 11.4. The summed E-state index contributed by atoms with van der Waals surface area (Å²) in [6, 6.07) is 5.05. The quantitative estimate of drug-likeness (QED) is 0.617. The van der Waals surface area contributed by atoms with Crippen molar-refractivity contribution in [1.82, 2.24) is 0 Å². The molecule has 0 atom stereocenters. The molecule has 1 aromatic rings. The number of esters is 1. The molecule has 0 radical (unpaired) electrons. The Labute approximate surface area is 106 Å². The molecular formula is C10H7ClINO2. The number of hydrogen-bond acceptors (Lipinski definition) is 3. The van der Waals surface area contributed by atoms with E-state index in [1.165, 1.54) is 6.07 Å². The highest BCUT2D eigenvalue weighted by Gasteiger charge is 2.15. The highest BCUT2D eigenvalue weighted by Crippen LogP contribution is 2.26. The van der Waals surface area contributed by atoms with E-state index in [4.69, 9.17) is 21.6 Å². The maximum atomic E-state index is 11.4. The molecule has 15 heavy (non-hydrogen) atoms. The van der Waals surface area contributed by atoms with Gasteiger partial charge in [0.15, 0.2) is 0 Å². The molecule has 78 valence electrons. The second-order valence-electron chi connectivity index (χ2n) is 2.62. The standard InChI is InChI=1S/C10H7ClINO2/c1-2-15-10(14)7-4-3-6(5-13)9(12)8(7)11/h3-4H,2H2,1H3. The first-order valence-electron chi connectivity index (χ1n) is 4.17. The lowest BCUT2D eigenvalue weighted by molar-refractivity contribution is 0.0526. The number of ether oxygens (including phenoxy) is 1. The van der Waals surface area contributed by atoms with E-state index >= 15 is 0 Å². The zero-order valence-corrected chi connectivity index (χ0v) is 10.8. The Kier molecular flexibility index (Phi) is 4.36. The summed E-state index contributed by atoms with van der Waals surface area (Å²) in [5.41, 5.74) is 0.746. The first kappa shape index (κ1) is 12.3. The fraction of sp³-hybridized carbons (Fsp3) is 0.200. The van der Waals surface area contributed by atoms with Gasteiger partial charge in [0.05, 0.1) is 26.3 Å². The highest BCUT2D eigenvalue weighted by atomic mass is 127. The van der Waals surface area contributed by atoms with Gasteiger partial charge in [0.1, 0.15) is 6.07 Å². The van der Waals surface area contributed by atoms with Crippen LogP contribution >= 0.6 is 34.2 Å². The van der Waals surface area contributed by atoms with E-state index in [-0.39, 0.29) is 5.02 Å². The zero-order valence-electron chi connectivity index (χ0n) is 7.88. The molecule has 0 aliphatic rings. The molecule has 0 amide bonds. The minimum atomic E-state index is -0.468. The van der Waals surface area contributed by atoms with Gasteiger partial charge in [-0.05, 0) is 41.6 Å². The minimum Gasteiger partial charge on any atom is -0.462 e. The monoisotopic (exact) mass is 335 g/mol. The molecule has 3 nitrogen and oxygen atoms in total. The predicted octanol–water partition coefficient (Wildman–Crippen LogP) is 2.99. The molecule has 0 spiro atoms. The van der Waals surface area contributed by atoms with Gasteiger partial charge in [-0.2, -0.15) is 5.26 Å². The number of nitriles is 1. The topological polar surface area (TPSA) is 50.1 Å². The molecule has 0 aliphatic carbocycles. The van der Waals surface area contributed by atoms with Crippen LogP contribution in [0.15, 0.2) is 12.1 Å². The Morgan fingerprint density at radius 1 is 1.67 bits per heavy atom. The lowest BCUT2D eigenvalue weighted by Crippen LogP contribution is -2.06. The van der Waals surface area contributed by atoms with Crippen LogP contribution in [0, 0.1) is 14.9 Å². The van der Waals surface area contributed by atoms with Crippen molar-refractivity contribution in [3.8, 4) is 6.07 Å². The number of benzene rings is 1. The van der Waals surface area contributed by atoms with Crippen molar-refractivity contribution in [2.75, 3.05) is 6.61 Å². The van der Waals surface area contributed by atoms with Crippen molar-refractivity contribution >= 4 is 40.2 Å². The van der Waals surface area contributed by atoms with E-state index in [9.17, 15) is 4.79 Å². The van der Waals surface area contributed by atoms with E-state index in [1.54, 1.807) is 13.0 Å². The number of halogens is 2. The Balaban J connectivity index is 3.19. The van der Waals surface area contributed by atoms with E-state index in [0.29, 0.717) is 21.3 Å². The number of carbonyl (C=O) groups is 1. The van der Waals surface area contributed by atoms with Gasteiger partial charge in [-0.15, -0.1) is 0 Å². The van der Waals surface area contributed by atoms with Crippen LogP contribution in [0.3, 0.4) is 0 Å². The Morgan fingerprint density at radius 3 is 2.87 bits per heavy atom. The average Bonchev–Trinajstić information content (AvgIpc) is 2.22. The molecule has 0 unspecified atom stereocenters. The molecule has 0 heterocycles. The first-order chi connectivity index (χ1) is 7.11. The molecule has 0 aromatic heterocycles. The van der Waals surface area contributed by atoms with Gasteiger partial charge in [0, 0.05) is 0 Å². The summed E-state index contributed by atoms with van der Waals surface area (Å²) in [6.45, 7) is 2.02. The molecule has 0 saturated carbocycles. The molecule has 0 bridgehead atoms. The van der Waals surface area contributed by atoms with Crippen LogP contribution in [0.5, 0.6) is 0 Å². The van der Waals surface area contributed by atoms with Gasteiger partial charge in [-0.3, -0.25) is 0 Å². The van der Waals surface area contributed by atoms with Crippen LogP contribution in [-0.2, 0) is 4.74 Å². The largest absolute Gasteiger partial charge is 0.462 e. The van der Waals surface area contributed by atoms with Gasteiger partial charge in [-0.25, -0.2) is 4.79 Å². The van der Waals surface area contributed by atoms with Crippen molar-refractivity contribution in [1.29, 1.82) is 5.26 Å².